The molecule has 4 nitrogen and oxygen atoms in total. The molecule has 0 spiro atoms. The van der Waals surface area contributed by atoms with Gasteiger partial charge in [-0.25, -0.2) is 0 Å². The Labute approximate surface area is 152 Å². The summed E-state index contributed by atoms with van der Waals surface area (Å²) in [6.45, 7) is 3.40. The standard InChI is InChI=1S/C18H19ClN2O2S/c1-12(20-18(24)21-15-6-3-2-5-14(15)19)13-7-8-16-17(11-13)23-10-4-9-22-16/h2-3,5-8,11-12H,4,9-10H2,1H3,(H2,20,21,24)/t12-/m1/s1. The van der Waals surface area contributed by atoms with E-state index in [0.717, 1.165) is 29.2 Å². The van der Waals surface area contributed by atoms with Crippen LogP contribution in [-0.4, -0.2) is 18.3 Å². The second-order valence-electron chi connectivity index (χ2n) is 5.56. The molecule has 0 aromatic heterocycles. The van der Waals surface area contributed by atoms with E-state index in [1.165, 1.54) is 0 Å². The minimum atomic E-state index is 0.0182. The van der Waals surface area contributed by atoms with Gasteiger partial charge < -0.3 is 20.1 Å². The molecule has 2 aromatic carbocycles. The van der Waals surface area contributed by atoms with Crippen molar-refractivity contribution in [2.75, 3.05) is 18.5 Å². The van der Waals surface area contributed by atoms with Gasteiger partial charge in [0.05, 0.1) is 30.0 Å². The van der Waals surface area contributed by atoms with E-state index in [-0.39, 0.29) is 6.04 Å². The summed E-state index contributed by atoms with van der Waals surface area (Å²) in [5.74, 6) is 1.57. The van der Waals surface area contributed by atoms with Crippen LogP contribution in [0, 0.1) is 0 Å². The molecule has 0 saturated heterocycles. The summed E-state index contributed by atoms with van der Waals surface area (Å²) < 4.78 is 11.4. The molecule has 0 bridgehead atoms. The van der Waals surface area contributed by atoms with Gasteiger partial charge in [0.15, 0.2) is 16.6 Å². The molecule has 1 aliphatic heterocycles. The van der Waals surface area contributed by atoms with Gasteiger partial charge in [-0.05, 0) is 49.0 Å². The maximum absolute atomic E-state index is 6.14. The number of fused-ring (bicyclic) bond motifs is 1. The van der Waals surface area contributed by atoms with Crippen LogP contribution in [0.15, 0.2) is 42.5 Å². The zero-order chi connectivity index (χ0) is 16.9. The molecule has 2 aromatic rings. The second-order valence-corrected chi connectivity index (χ2v) is 6.37. The highest BCUT2D eigenvalue weighted by atomic mass is 35.5. The minimum Gasteiger partial charge on any atom is -0.490 e. The van der Waals surface area contributed by atoms with E-state index < -0.39 is 0 Å². The van der Waals surface area contributed by atoms with E-state index in [4.69, 9.17) is 33.3 Å². The molecule has 1 heterocycles. The Kier molecular flexibility index (Phi) is 5.43. The monoisotopic (exact) mass is 362 g/mol. The SMILES string of the molecule is C[C@@H](NC(=S)Nc1ccccc1Cl)c1ccc2c(c1)OCCCO2. The van der Waals surface area contributed by atoms with Crippen LogP contribution >= 0.6 is 23.8 Å². The fraction of sp³-hybridized carbons (Fsp3) is 0.278. The van der Waals surface area contributed by atoms with Gasteiger partial charge in [0.25, 0.3) is 0 Å². The lowest BCUT2D eigenvalue weighted by molar-refractivity contribution is 0.297. The van der Waals surface area contributed by atoms with Gasteiger partial charge in [-0.2, -0.15) is 0 Å². The predicted octanol–water partition coefficient (Wildman–Crippen LogP) is 4.55. The van der Waals surface area contributed by atoms with Crippen LogP contribution in [0.3, 0.4) is 0 Å². The van der Waals surface area contributed by atoms with E-state index >= 15 is 0 Å². The lowest BCUT2D eigenvalue weighted by Crippen LogP contribution is -2.31. The molecule has 0 fully saturated rings. The molecule has 1 atom stereocenters. The number of ether oxygens (including phenoxy) is 2. The van der Waals surface area contributed by atoms with Crippen molar-refractivity contribution in [3.63, 3.8) is 0 Å². The maximum Gasteiger partial charge on any atom is 0.171 e. The van der Waals surface area contributed by atoms with Gasteiger partial charge in [0.2, 0.25) is 0 Å². The highest BCUT2D eigenvalue weighted by Crippen LogP contribution is 2.32. The molecule has 1 aliphatic rings. The van der Waals surface area contributed by atoms with Gasteiger partial charge >= 0.3 is 0 Å². The summed E-state index contributed by atoms with van der Waals surface area (Å²) >= 11 is 11.5. The molecule has 126 valence electrons. The number of benzene rings is 2. The third-order valence-corrected chi connectivity index (χ3v) is 4.29. The van der Waals surface area contributed by atoms with E-state index in [1.54, 1.807) is 0 Å². The highest BCUT2D eigenvalue weighted by molar-refractivity contribution is 7.80. The Bertz CT molecular complexity index is 739. The molecule has 0 unspecified atom stereocenters. The minimum absolute atomic E-state index is 0.0182. The Morgan fingerprint density at radius 3 is 2.67 bits per heavy atom. The van der Waals surface area contributed by atoms with Crippen LogP contribution in [0.1, 0.15) is 24.9 Å². The fourth-order valence-corrected chi connectivity index (χ4v) is 2.92. The van der Waals surface area contributed by atoms with Crippen LogP contribution in [0.2, 0.25) is 5.02 Å². The largest absolute Gasteiger partial charge is 0.490 e. The summed E-state index contributed by atoms with van der Waals surface area (Å²) in [4.78, 5) is 0. The lowest BCUT2D eigenvalue weighted by atomic mass is 10.1. The van der Waals surface area contributed by atoms with Crippen molar-refractivity contribution < 1.29 is 9.47 Å². The first-order valence-electron chi connectivity index (χ1n) is 7.85. The molecule has 0 saturated carbocycles. The zero-order valence-electron chi connectivity index (χ0n) is 13.3. The van der Waals surface area contributed by atoms with Crippen molar-refractivity contribution in [3.8, 4) is 11.5 Å². The summed E-state index contributed by atoms with van der Waals surface area (Å²) in [7, 11) is 0. The summed E-state index contributed by atoms with van der Waals surface area (Å²) in [6, 6.07) is 13.5. The maximum atomic E-state index is 6.14. The molecule has 3 rings (SSSR count). The quantitative estimate of drug-likeness (QED) is 0.784. The van der Waals surface area contributed by atoms with Gasteiger partial charge in [0.1, 0.15) is 0 Å². The molecular weight excluding hydrogens is 344 g/mol. The van der Waals surface area contributed by atoms with E-state index in [1.807, 2.05) is 49.4 Å². The number of hydrogen-bond donors (Lipinski definition) is 2. The number of anilines is 1. The van der Waals surface area contributed by atoms with Crippen LogP contribution < -0.4 is 20.1 Å². The predicted molar refractivity (Wildman–Crippen MR) is 101 cm³/mol. The van der Waals surface area contributed by atoms with Gasteiger partial charge in [-0.15, -0.1) is 0 Å². The van der Waals surface area contributed by atoms with Crippen LogP contribution in [0.4, 0.5) is 5.69 Å². The lowest BCUT2D eigenvalue weighted by Gasteiger charge is -2.19. The second kappa shape index (κ2) is 7.73. The summed E-state index contributed by atoms with van der Waals surface area (Å²) in [5, 5.41) is 7.52. The Morgan fingerprint density at radius 2 is 1.88 bits per heavy atom. The number of para-hydroxylation sites is 1. The third-order valence-electron chi connectivity index (χ3n) is 3.74. The topological polar surface area (TPSA) is 42.5 Å². The molecule has 0 amide bonds. The van der Waals surface area contributed by atoms with Crippen molar-refractivity contribution in [2.24, 2.45) is 0 Å². The first-order valence-corrected chi connectivity index (χ1v) is 8.64. The average Bonchev–Trinajstić information content (AvgIpc) is 2.81. The van der Waals surface area contributed by atoms with Crippen molar-refractivity contribution in [3.05, 3.63) is 53.1 Å². The highest BCUT2D eigenvalue weighted by Gasteiger charge is 2.14. The van der Waals surface area contributed by atoms with Crippen molar-refractivity contribution in [1.29, 1.82) is 0 Å². The third kappa shape index (κ3) is 4.10. The molecular formula is C18H19ClN2O2S. The first kappa shape index (κ1) is 16.9. The molecule has 2 N–H and O–H groups in total. The summed E-state index contributed by atoms with van der Waals surface area (Å²) in [5.41, 5.74) is 1.85. The number of hydrogen-bond acceptors (Lipinski definition) is 3. The normalized spacial score (nSPS) is 14.4. The molecule has 6 heteroatoms. The fourth-order valence-electron chi connectivity index (χ4n) is 2.45. The molecule has 0 radical (unpaired) electrons. The zero-order valence-corrected chi connectivity index (χ0v) is 14.9. The van der Waals surface area contributed by atoms with Crippen molar-refractivity contribution in [2.45, 2.75) is 19.4 Å². The van der Waals surface area contributed by atoms with Gasteiger partial charge in [-0.1, -0.05) is 29.8 Å². The smallest absolute Gasteiger partial charge is 0.171 e. The molecule has 0 aliphatic carbocycles. The Morgan fingerprint density at radius 1 is 1.12 bits per heavy atom. The van der Waals surface area contributed by atoms with Crippen molar-refractivity contribution >= 4 is 34.6 Å². The molecule has 24 heavy (non-hydrogen) atoms. The number of thiocarbonyl (C=S) groups is 1. The number of halogens is 1. The number of nitrogens with one attached hydrogen (secondary N) is 2. The number of rotatable bonds is 3. The van der Waals surface area contributed by atoms with Gasteiger partial charge in [-0.3, -0.25) is 0 Å². The van der Waals surface area contributed by atoms with E-state index in [9.17, 15) is 0 Å². The van der Waals surface area contributed by atoms with E-state index in [2.05, 4.69) is 10.6 Å². The Balaban J connectivity index is 1.66. The Hall–Kier alpha value is -1.98. The van der Waals surface area contributed by atoms with Crippen LogP contribution in [-0.2, 0) is 0 Å². The van der Waals surface area contributed by atoms with E-state index in [0.29, 0.717) is 23.3 Å². The van der Waals surface area contributed by atoms with Crippen LogP contribution in [0.5, 0.6) is 11.5 Å². The van der Waals surface area contributed by atoms with Crippen molar-refractivity contribution in [1.82, 2.24) is 5.32 Å². The van der Waals surface area contributed by atoms with Crippen LogP contribution in [0.25, 0.3) is 0 Å². The average molecular weight is 363 g/mol. The van der Waals surface area contributed by atoms with Gasteiger partial charge in [0, 0.05) is 6.42 Å². The summed E-state index contributed by atoms with van der Waals surface area (Å²) in [6.07, 6.45) is 0.893. The first-order chi connectivity index (χ1) is 11.6.